The van der Waals surface area contributed by atoms with Gasteiger partial charge in [0.05, 0.1) is 0 Å². The van der Waals surface area contributed by atoms with E-state index in [1.54, 1.807) is 6.20 Å². The minimum absolute atomic E-state index is 0.217. The molecule has 0 saturated carbocycles. The number of nitrogens with zero attached hydrogens (tertiary/aromatic N) is 3. The van der Waals surface area contributed by atoms with E-state index in [2.05, 4.69) is 22.8 Å². The van der Waals surface area contributed by atoms with Crippen LogP contribution in [-0.2, 0) is 13.0 Å². The van der Waals surface area contributed by atoms with E-state index in [1.165, 1.54) is 0 Å². The summed E-state index contributed by atoms with van der Waals surface area (Å²) in [4.78, 5) is 30.7. The number of aryl methyl sites for hydroxylation is 2. The molecule has 4 heterocycles. The van der Waals surface area contributed by atoms with Crippen molar-refractivity contribution in [2.75, 3.05) is 24.6 Å². The highest BCUT2D eigenvalue weighted by Crippen LogP contribution is 2.45. The van der Waals surface area contributed by atoms with Crippen molar-refractivity contribution in [1.29, 1.82) is 0 Å². The summed E-state index contributed by atoms with van der Waals surface area (Å²) in [6.45, 7) is 4.68. The van der Waals surface area contributed by atoms with E-state index < -0.39 is 0 Å². The first-order valence-electron chi connectivity index (χ1n) is 8.54. The molecule has 0 spiro atoms. The normalized spacial score (nSPS) is 28.4. The van der Waals surface area contributed by atoms with Gasteiger partial charge in [0, 0.05) is 38.0 Å². The Bertz CT molecular complexity index is 652. The van der Waals surface area contributed by atoms with Gasteiger partial charge in [0.2, 0.25) is 0 Å². The zero-order valence-electron chi connectivity index (χ0n) is 13.9. The zero-order chi connectivity index (χ0) is 16.7. The molecule has 0 radical (unpaired) electrons. The standard InChI is InChI=1S/C16H23N5O2S/c1-16-9-21(6-11(16)8-24-10-16)15(23)19-18-14(22)12-7-20-5-3-2-4-13(20)17-12/h7,11H,2-6,8-10H2,1H3,(H,18,22)(H,19,23)/t11-,16+/m1/s1. The summed E-state index contributed by atoms with van der Waals surface area (Å²) in [5.74, 6) is 3.38. The molecule has 0 aromatic carbocycles. The number of fused-ring (bicyclic) bond motifs is 2. The monoisotopic (exact) mass is 349 g/mol. The second kappa shape index (κ2) is 5.98. The second-order valence-electron chi connectivity index (χ2n) is 7.32. The van der Waals surface area contributed by atoms with Crippen LogP contribution in [0.5, 0.6) is 0 Å². The number of likely N-dealkylation sites (tertiary alicyclic amines) is 1. The Kier molecular flexibility index (Phi) is 3.94. The second-order valence-corrected chi connectivity index (χ2v) is 8.35. The molecule has 8 heteroatoms. The molecule has 2 atom stereocenters. The molecule has 3 aliphatic rings. The van der Waals surface area contributed by atoms with E-state index in [0.717, 1.165) is 56.2 Å². The van der Waals surface area contributed by atoms with Crippen molar-refractivity contribution < 1.29 is 9.59 Å². The lowest BCUT2D eigenvalue weighted by atomic mass is 9.84. The Morgan fingerprint density at radius 3 is 3.04 bits per heavy atom. The first-order valence-corrected chi connectivity index (χ1v) is 9.70. The van der Waals surface area contributed by atoms with Gasteiger partial charge in [0.25, 0.3) is 5.91 Å². The van der Waals surface area contributed by atoms with Gasteiger partial charge in [-0.3, -0.25) is 10.2 Å². The van der Waals surface area contributed by atoms with Gasteiger partial charge in [0.1, 0.15) is 11.5 Å². The molecular weight excluding hydrogens is 326 g/mol. The largest absolute Gasteiger partial charge is 0.336 e. The van der Waals surface area contributed by atoms with Crippen LogP contribution < -0.4 is 10.9 Å². The molecule has 1 aromatic heterocycles. The fraction of sp³-hybridized carbons (Fsp3) is 0.688. The van der Waals surface area contributed by atoms with Crippen LogP contribution in [0.2, 0.25) is 0 Å². The molecule has 3 aliphatic heterocycles. The summed E-state index contributed by atoms with van der Waals surface area (Å²) in [7, 11) is 0. The number of imidazole rings is 1. The number of carbonyl (C=O) groups is 2. The number of hydrazine groups is 1. The molecule has 4 rings (SSSR count). The van der Waals surface area contributed by atoms with Crippen molar-refractivity contribution in [1.82, 2.24) is 25.3 Å². The number of hydrogen-bond donors (Lipinski definition) is 2. The van der Waals surface area contributed by atoms with E-state index in [-0.39, 0.29) is 17.4 Å². The molecule has 0 bridgehead atoms. The minimum atomic E-state index is -0.355. The third-order valence-corrected chi connectivity index (χ3v) is 6.94. The highest BCUT2D eigenvalue weighted by Gasteiger charge is 2.47. The van der Waals surface area contributed by atoms with Gasteiger partial charge in [-0.2, -0.15) is 11.8 Å². The minimum Gasteiger partial charge on any atom is -0.334 e. The SMILES string of the molecule is C[C@]12CSC[C@H]1CN(C(=O)NNC(=O)c1cn3c(n1)CCCC3)C2. The Balaban J connectivity index is 1.32. The van der Waals surface area contributed by atoms with E-state index in [1.807, 2.05) is 21.2 Å². The molecule has 0 unspecified atom stereocenters. The van der Waals surface area contributed by atoms with Crippen molar-refractivity contribution in [2.45, 2.75) is 32.7 Å². The van der Waals surface area contributed by atoms with Crippen LogP contribution in [0, 0.1) is 11.3 Å². The number of carbonyl (C=O) groups excluding carboxylic acids is 2. The maximum atomic E-state index is 12.3. The maximum absolute atomic E-state index is 12.3. The van der Waals surface area contributed by atoms with Crippen LogP contribution in [0.25, 0.3) is 0 Å². The van der Waals surface area contributed by atoms with Crippen LogP contribution >= 0.6 is 11.8 Å². The Labute approximate surface area is 145 Å². The molecule has 2 fully saturated rings. The third kappa shape index (κ3) is 2.76. The predicted molar refractivity (Wildman–Crippen MR) is 91.7 cm³/mol. The molecule has 2 N–H and O–H groups in total. The fourth-order valence-electron chi connectivity index (χ4n) is 3.90. The van der Waals surface area contributed by atoms with Crippen LogP contribution in [-0.4, -0.2) is 51.0 Å². The number of aromatic nitrogens is 2. The van der Waals surface area contributed by atoms with Crippen LogP contribution in [0.1, 0.15) is 36.1 Å². The van der Waals surface area contributed by atoms with Crippen LogP contribution in [0.3, 0.4) is 0 Å². The summed E-state index contributed by atoms with van der Waals surface area (Å²) >= 11 is 1.97. The van der Waals surface area contributed by atoms with Crippen LogP contribution in [0.15, 0.2) is 6.20 Å². The predicted octanol–water partition coefficient (Wildman–Crippen LogP) is 1.26. The van der Waals surface area contributed by atoms with Crippen molar-refractivity contribution in [2.24, 2.45) is 11.3 Å². The number of rotatable bonds is 1. The Hall–Kier alpha value is -1.70. The number of nitrogens with one attached hydrogen (secondary N) is 2. The summed E-state index contributed by atoms with van der Waals surface area (Å²) in [6, 6.07) is -0.229. The lowest BCUT2D eigenvalue weighted by Gasteiger charge is -2.22. The van der Waals surface area contributed by atoms with E-state index in [0.29, 0.717) is 11.6 Å². The van der Waals surface area contributed by atoms with E-state index >= 15 is 0 Å². The molecular formula is C16H23N5O2S. The van der Waals surface area contributed by atoms with Crippen molar-refractivity contribution in [3.05, 3.63) is 17.7 Å². The van der Waals surface area contributed by atoms with Gasteiger partial charge >= 0.3 is 6.03 Å². The summed E-state index contributed by atoms with van der Waals surface area (Å²) in [5.41, 5.74) is 5.63. The topological polar surface area (TPSA) is 79.3 Å². The maximum Gasteiger partial charge on any atom is 0.336 e. The van der Waals surface area contributed by atoms with Crippen molar-refractivity contribution >= 4 is 23.7 Å². The third-order valence-electron chi connectivity index (χ3n) is 5.44. The zero-order valence-corrected chi connectivity index (χ0v) is 14.7. The van der Waals surface area contributed by atoms with Gasteiger partial charge in [0.15, 0.2) is 0 Å². The average Bonchev–Trinajstić information content (AvgIpc) is 3.22. The highest BCUT2D eigenvalue weighted by molar-refractivity contribution is 7.99. The Morgan fingerprint density at radius 1 is 1.38 bits per heavy atom. The van der Waals surface area contributed by atoms with Gasteiger partial charge in [-0.25, -0.2) is 15.2 Å². The molecule has 1 aromatic rings. The fourth-order valence-corrected chi connectivity index (χ4v) is 5.60. The molecule has 7 nitrogen and oxygen atoms in total. The number of hydrogen-bond acceptors (Lipinski definition) is 4. The number of amides is 3. The molecule has 2 saturated heterocycles. The quantitative estimate of drug-likeness (QED) is 0.748. The average molecular weight is 349 g/mol. The first-order chi connectivity index (χ1) is 11.5. The first kappa shape index (κ1) is 15.8. The smallest absolute Gasteiger partial charge is 0.334 e. The van der Waals surface area contributed by atoms with E-state index in [9.17, 15) is 9.59 Å². The van der Waals surface area contributed by atoms with Gasteiger partial charge < -0.3 is 9.47 Å². The van der Waals surface area contributed by atoms with Crippen molar-refractivity contribution in [3.8, 4) is 0 Å². The van der Waals surface area contributed by atoms with Gasteiger partial charge in [-0.15, -0.1) is 0 Å². The Morgan fingerprint density at radius 2 is 2.25 bits per heavy atom. The number of urea groups is 1. The summed E-state index contributed by atoms with van der Waals surface area (Å²) in [6.07, 6.45) is 4.91. The molecule has 3 amide bonds. The van der Waals surface area contributed by atoms with Crippen LogP contribution in [0.4, 0.5) is 4.79 Å². The molecule has 24 heavy (non-hydrogen) atoms. The number of thioether (sulfide) groups is 1. The van der Waals surface area contributed by atoms with Gasteiger partial charge in [-0.05, 0) is 29.9 Å². The van der Waals surface area contributed by atoms with E-state index in [4.69, 9.17) is 0 Å². The van der Waals surface area contributed by atoms with Gasteiger partial charge in [-0.1, -0.05) is 6.92 Å². The highest BCUT2D eigenvalue weighted by atomic mass is 32.2. The molecule has 0 aliphatic carbocycles. The molecule has 130 valence electrons. The lowest BCUT2D eigenvalue weighted by Crippen LogP contribution is -2.48. The van der Waals surface area contributed by atoms with Crippen molar-refractivity contribution in [3.63, 3.8) is 0 Å². The lowest BCUT2D eigenvalue weighted by molar-refractivity contribution is 0.0926. The summed E-state index contributed by atoms with van der Waals surface area (Å²) in [5, 5.41) is 0. The summed E-state index contributed by atoms with van der Waals surface area (Å²) < 4.78 is 2.03.